The molecule has 2 heterocycles. The molecule has 1 fully saturated rings. The summed E-state index contributed by atoms with van der Waals surface area (Å²) in [5.74, 6) is 0.626. The van der Waals surface area contributed by atoms with Crippen LogP contribution in [0.1, 0.15) is 45.2 Å². The molecule has 100 valence electrons. The van der Waals surface area contributed by atoms with Gasteiger partial charge in [0.05, 0.1) is 5.69 Å². The molecule has 3 heteroatoms. The highest BCUT2D eigenvalue weighted by atomic mass is 15.1. The van der Waals surface area contributed by atoms with E-state index >= 15 is 0 Å². The van der Waals surface area contributed by atoms with Crippen LogP contribution in [0.5, 0.6) is 0 Å². The predicted molar refractivity (Wildman–Crippen MR) is 76.2 cm³/mol. The Morgan fingerprint density at radius 1 is 1.22 bits per heavy atom. The molecule has 18 heavy (non-hydrogen) atoms. The van der Waals surface area contributed by atoms with Crippen molar-refractivity contribution in [3.63, 3.8) is 0 Å². The summed E-state index contributed by atoms with van der Waals surface area (Å²) in [5, 5.41) is 0. The van der Waals surface area contributed by atoms with E-state index in [0.29, 0.717) is 11.2 Å². The maximum absolute atomic E-state index is 5.72. The van der Waals surface area contributed by atoms with Crippen molar-refractivity contribution in [3.8, 4) is 0 Å². The molecule has 0 amide bonds. The van der Waals surface area contributed by atoms with Gasteiger partial charge in [0, 0.05) is 6.54 Å². The van der Waals surface area contributed by atoms with E-state index in [2.05, 4.69) is 29.8 Å². The van der Waals surface area contributed by atoms with Crippen molar-refractivity contribution >= 4 is 5.82 Å². The molecule has 0 unspecified atom stereocenters. The lowest BCUT2D eigenvalue weighted by molar-refractivity contribution is 0.0901. The van der Waals surface area contributed by atoms with Crippen LogP contribution in [-0.4, -0.2) is 23.0 Å². The van der Waals surface area contributed by atoms with Crippen molar-refractivity contribution in [3.05, 3.63) is 23.9 Å². The number of nitrogen functional groups attached to an aromatic ring is 1. The molecule has 1 saturated heterocycles. The SMILES string of the molecule is CCC1(CC)CCN(Cc2cccc(N)n2)CC1. The molecular formula is C15H25N3. The minimum absolute atomic E-state index is 0.597. The Morgan fingerprint density at radius 3 is 2.44 bits per heavy atom. The number of piperidine rings is 1. The Balaban J connectivity index is 1.91. The summed E-state index contributed by atoms with van der Waals surface area (Å²) in [6, 6.07) is 5.90. The van der Waals surface area contributed by atoms with Gasteiger partial charge in [-0.15, -0.1) is 0 Å². The average Bonchev–Trinajstić information content (AvgIpc) is 2.40. The van der Waals surface area contributed by atoms with Crippen molar-refractivity contribution in [1.29, 1.82) is 0 Å². The smallest absolute Gasteiger partial charge is 0.123 e. The van der Waals surface area contributed by atoms with Gasteiger partial charge in [-0.1, -0.05) is 32.8 Å². The third-order valence-electron chi connectivity index (χ3n) is 4.63. The van der Waals surface area contributed by atoms with Crippen molar-refractivity contribution in [2.45, 2.75) is 46.1 Å². The molecule has 0 aliphatic carbocycles. The van der Waals surface area contributed by atoms with E-state index in [-0.39, 0.29) is 0 Å². The predicted octanol–water partition coefficient (Wildman–Crippen LogP) is 3.07. The largest absolute Gasteiger partial charge is 0.384 e. The lowest BCUT2D eigenvalue weighted by atomic mass is 9.74. The highest BCUT2D eigenvalue weighted by Crippen LogP contribution is 2.38. The second-order valence-corrected chi connectivity index (χ2v) is 5.54. The van der Waals surface area contributed by atoms with Gasteiger partial charge in [-0.2, -0.15) is 0 Å². The summed E-state index contributed by atoms with van der Waals surface area (Å²) in [4.78, 5) is 6.89. The Morgan fingerprint density at radius 2 is 1.89 bits per heavy atom. The zero-order valence-corrected chi connectivity index (χ0v) is 11.7. The van der Waals surface area contributed by atoms with Crippen LogP contribution in [0, 0.1) is 5.41 Å². The monoisotopic (exact) mass is 247 g/mol. The molecule has 0 atom stereocenters. The van der Waals surface area contributed by atoms with Crippen molar-refractivity contribution in [1.82, 2.24) is 9.88 Å². The molecule has 0 aromatic carbocycles. The van der Waals surface area contributed by atoms with E-state index in [1.807, 2.05) is 12.1 Å². The lowest BCUT2D eigenvalue weighted by Crippen LogP contribution is -2.39. The average molecular weight is 247 g/mol. The van der Waals surface area contributed by atoms with E-state index < -0.39 is 0 Å². The first-order chi connectivity index (χ1) is 8.67. The van der Waals surface area contributed by atoms with Crippen LogP contribution in [0.25, 0.3) is 0 Å². The van der Waals surface area contributed by atoms with Crippen LogP contribution in [-0.2, 0) is 6.54 Å². The van der Waals surface area contributed by atoms with Crippen LogP contribution < -0.4 is 5.73 Å². The molecule has 1 aromatic heterocycles. The molecule has 2 rings (SSSR count). The van der Waals surface area contributed by atoms with Crippen LogP contribution in [0.15, 0.2) is 18.2 Å². The summed E-state index contributed by atoms with van der Waals surface area (Å²) < 4.78 is 0. The fourth-order valence-electron chi connectivity index (χ4n) is 2.96. The molecule has 0 bridgehead atoms. The molecule has 0 radical (unpaired) electrons. The Kier molecular flexibility index (Phi) is 4.23. The third-order valence-corrected chi connectivity index (χ3v) is 4.63. The van der Waals surface area contributed by atoms with E-state index in [4.69, 9.17) is 5.73 Å². The lowest BCUT2D eigenvalue weighted by Gasteiger charge is -2.40. The van der Waals surface area contributed by atoms with E-state index in [1.165, 1.54) is 38.8 Å². The highest BCUT2D eigenvalue weighted by Gasteiger charge is 2.31. The van der Waals surface area contributed by atoms with Gasteiger partial charge >= 0.3 is 0 Å². The Hall–Kier alpha value is -1.09. The van der Waals surface area contributed by atoms with E-state index in [0.717, 1.165) is 12.2 Å². The summed E-state index contributed by atoms with van der Waals surface area (Å²) in [5.41, 5.74) is 7.41. The number of nitrogens with two attached hydrogens (primary N) is 1. The van der Waals surface area contributed by atoms with E-state index in [1.54, 1.807) is 0 Å². The number of rotatable bonds is 4. The van der Waals surface area contributed by atoms with Gasteiger partial charge in [-0.25, -0.2) is 4.98 Å². The topological polar surface area (TPSA) is 42.1 Å². The second-order valence-electron chi connectivity index (χ2n) is 5.54. The van der Waals surface area contributed by atoms with E-state index in [9.17, 15) is 0 Å². The molecule has 3 nitrogen and oxygen atoms in total. The molecule has 1 aliphatic heterocycles. The van der Waals surface area contributed by atoms with Crippen molar-refractivity contribution < 1.29 is 0 Å². The summed E-state index contributed by atoms with van der Waals surface area (Å²) >= 11 is 0. The van der Waals surface area contributed by atoms with Gasteiger partial charge in [0.15, 0.2) is 0 Å². The number of pyridine rings is 1. The first kappa shape index (κ1) is 13.3. The minimum atomic E-state index is 0.597. The number of hydrogen-bond acceptors (Lipinski definition) is 3. The summed E-state index contributed by atoms with van der Waals surface area (Å²) in [6.07, 6.45) is 5.27. The normalized spacial score (nSPS) is 19.9. The van der Waals surface area contributed by atoms with Crippen molar-refractivity contribution in [2.75, 3.05) is 18.8 Å². The summed E-state index contributed by atoms with van der Waals surface area (Å²) in [7, 11) is 0. The zero-order chi connectivity index (χ0) is 13.0. The summed E-state index contributed by atoms with van der Waals surface area (Å²) in [6.45, 7) is 7.99. The van der Waals surface area contributed by atoms with Gasteiger partial charge in [0.1, 0.15) is 5.82 Å². The fourth-order valence-corrected chi connectivity index (χ4v) is 2.96. The van der Waals surface area contributed by atoms with Crippen LogP contribution >= 0.6 is 0 Å². The minimum Gasteiger partial charge on any atom is -0.384 e. The molecule has 2 N–H and O–H groups in total. The van der Waals surface area contributed by atoms with Gasteiger partial charge in [-0.05, 0) is 43.5 Å². The van der Waals surface area contributed by atoms with Crippen LogP contribution in [0.3, 0.4) is 0 Å². The number of hydrogen-bond donors (Lipinski definition) is 1. The van der Waals surface area contributed by atoms with Crippen molar-refractivity contribution in [2.24, 2.45) is 5.41 Å². The number of anilines is 1. The third kappa shape index (κ3) is 3.02. The number of nitrogens with zero attached hydrogens (tertiary/aromatic N) is 2. The Labute approximate surface area is 110 Å². The molecule has 1 aliphatic rings. The quantitative estimate of drug-likeness (QED) is 0.889. The van der Waals surface area contributed by atoms with Gasteiger partial charge < -0.3 is 5.73 Å². The molecule has 0 saturated carbocycles. The fraction of sp³-hybridized carbons (Fsp3) is 0.667. The Bertz CT molecular complexity index is 375. The van der Waals surface area contributed by atoms with Gasteiger partial charge in [0.2, 0.25) is 0 Å². The maximum Gasteiger partial charge on any atom is 0.123 e. The molecule has 1 aromatic rings. The van der Waals surface area contributed by atoms with Crippen LogP contribution in [0.2, 0.25) is 0 Å². The van der Waals surface area contributed by atoms with Crippen LogP contribution in [0.4, 0.5) is 5.82 Å². The zero-order valence-electron chi connectivity index (χ0n) is 11.7. The maximum atomic E-state index is 5.72. The first-order valence-electron chi connectivity index (χ1n) is 7.11. The number of aromatic nitrogens is 1. The second kappa shape index (κ2) is 5.70. The standard InChI is InChI=1S/C15H25N3/c1-3-15(4-2)8-10-18(11-9-15)12-13-6-5-7-14(16)17-13/h5-7H,3-4,8-12H2,1-2H3,(H2,16,17). The van der Waals surface area contributed by atoms with Gasteiger partial charge in [-0.3, -0.25) is 4.90 Å². The number of likely N-dealkylation sites (tertiary alicyclic amines) is 1. The molecular weight excluding hydrogens is 222 g/mol. The van der Waals surface area contributed by atoms with Gasteiger partial charge in [0.25, 0.3) is 0 Å². The first-order valence-corrected chi connectivity index (χ1v) is 7.11. The molecule has 0 spiro atoms. The highest BCUT2D eigenvalue weighted by molar-refractivity contribution is 5.28.